The Labute approximate surface area is 362 Å². The molecule has 0 aromatic heterocycles. The van der Waals surface area contributed by atoms with Gasteiger partial charge in [-0.3, -0.25) is 0 Å². The summed E-state index contributed by atoms with van der Waals surface area (Å²) in [5, 5.41) is 0. The Kier molecular flexibility index (Phi) is 11.8. The van der Waals surface area contributed by atoms with Crippen molar-refractivity contribution in [3.05, 3.63) is 202 Å². The molecule has 2 fully saturated rings. The molecule has 0 N–H and O–H groups in total. The molecule has 0 aliphatic carbocycles. The Balaban J connectivity index is 0.971. The van der Waals surface area contributed by atoms with Crippen molar-refractivity contribution in [1.29, 1.82) is 0 Å². The van der Waals surface area contributed by atoms with E-state index in [-0.39, 0.29) is 21.7 Å². The Morgan fingerprint density at radius 3 is 0.934 bits per heavy atom. The van der Waals surface area contributed by atoms with Gasteiger partial charge in [-0.25, -0.2) is 0 Å². The fourth-order valence-corrected chi connectivity index (χ4v) is 8.75. The van der Waals surface area contributed by atoms with Gasteiger partial charge in [0.2, 0.25) is 0 Å². The Morgan fingerprint density at radius 2 is 0.639 bits per heavy atom. The topological polar surface area (TPSA) is 55.4 Å². The van der Waals surface area contributed by atoms with Crippen molar-refractivity contribution < 1.29 is 28.4 Å². The van der Waals surface area contributed by atoms with Gasteiger partial charge in [0.1, 0.15) is 11.5 Å². The summed E-state index contributed by atoms with van der Waals surface area (Å²) in [5.41, 5.74) is 7.69. The second-order valence-corrected chi connectivity index (χ2v) is 18.9. The largest absolute Gasteiger partial charge is 0.441 e. The van der Waals surface area contributed by atoms with E-state index in [9.17, 15) is 0 Å². The molecular formula is C55H60O6. The van der Waals surface area contributed by atoms with Gasteiger partial charge in [0, 0.05) is 32.8 Å². The van der Waals surface area contributed by atoms with Crippen molar-refractivity contribution >= 4 is 0 Å². The highest BCUT2D eigenvalue weighted by Gasteiger charge is 2.44. The molecule has 6 aromatic rings. The molecule has 8 rings (SSSR count). The second-order valence-electron chi connectivity index (χ2n) is 18.9. The van der Waals surface area contributed by atoms with E-state index in [1.54, 1.807) is 0 Å². The average molecular weight is 817 g/mol. The van der Waals surface area contributed by atoms with Crippen LogP contribution in [0.1, 0.15) is 99.9 Å². The van der Waals surface area contributed by atoms with Crippen LogP contribution in [-0.2, 0) is 40.6 Å². The van der Waals surface area contributed by atoms with Gasteiger partial charge in [-0.1, -0.05) is 201 Å². The van der Waals surface area contributed by atoms with Gasteiger partial charge in [0.05, 0.1) is 31.8 Å². The van der Waals surface area contributed by atoms with E-state index in [0.717, 1.165) is 22.6 Å². The first kappa shape index (κ1) is 42.5. The maximum Gasteiger partial charge on any atom is 0.315 e. The summed E-state index contributed by atoms with van der Waals surface area (Å²) >= 11 is 0. The summed E-state index contributed by atoms with van der Waals surface area (Å²) in [6, 6.07) is 55.4. The lowest BCUT2D eigenvalue weighted by atomic mass is 9.73. The standard InChI is InChI=1S/C55H60O6/c1-51(2,39-21-13-9-14-22-39)43-29-31-47(45(33-43)53(5,6)41-25-17-11-18-26-41)60-49-56-35-55(36-57-49)37-58-50(59-38-55)61-48-32-30-44(52(3,4)40-23-15-10-16-24-40)34-46(48)54(7,8)42-27-19-12-20-28-42/h9-34,49-50H,35-38H2,1-8H3. The van der Waals surface area contributed by atoms with E-state index in [1.165, 1.54) is 33.4 Å². The molecule has 0 bridgehead atoms. The molecule has 0 unspecified atom stereocenters. The third-order valence-corrected chi connectivity index (χ3v) is 13.3. The molecule has 2 aliphatic rings. The van der Waals surface area contributed by atoms with Gasteiger partial charge in [0.15, 0.2) is 0 Å². The summed E-state index contributed by atoms with van der Waals surface area (Å²) in [6.07, 6.45) is 0. The molecular weight excluding hydrogens is 757 g/mol. The maximum atomic E-state index is 6.59. The van der Waals surface area contributed by atoms with E-state index in [0.29, 0.717) is 26.4 Å². The minimum absolute atomic E-state index is 0.226. The monoisotopic (exact) mass is 816 g/mol. The lowest BCUT2D eigenvalue weighted by Gasteiger charge is -2.43. The molecule has 316 valence electrons. The van der Waals surface area contributed by atoms with Crippen LogP contribution in [0.25, 0.3) is 0 Å². The van der Waals surface area contributed by atoms with Crippen LogP contribution in [0.2, 0.25) is 0 Å². The summed E-state index contributed by atoms with van der Waals surface area (Å²) in [4.78, 5) is 0. The molecule has 2 saturated heterocycles. The van der Waals surface area contributed by atoms with Crippen molar-refractivity contribution in [2.24, 2.45) is 5.41 Å². The quantitative estimate of drug-likeness (QED) is 0.123. The van der Waals surface area contributed by atoms with Gasteiger partial charge < -0.3 is 28.4 Å². The van der Waals surface area contributed by atoms with Crippen LogP contribution in [0.5, 0.6) is 11.5 Å². The third kappa shape index (κ3) is 8.65. The smallest absolute Gasteiger partial charge is 0.315 e. The fourth-order valence-electron chi connectivity index (χ4n) is 8.75. The van der Waals surface area contributed by atoms with Gasteiger partial charge >= 0.3 is 13.0 Å². The van der Waals surface area contributed by atoms with E-state index in [1.807, 2.05) is 12.1 Å². The minimum atomic E-state index is -0.890. The number of hydrogen-bond acceptors (Lipinski definition) is 6. The highest BCUT2D eigenvalue weighted by Crippen LogP contribution is 2.44. The first-order valence-electron chi connectivity index (χ1n) is 21.5. The van der Waals surface area contributed by atoms with Crippen LogP contribution >= 0.6 is 0 Å². The molecule has 2 heterocycles. The lowest BCUT2D eigenvalue weighted by Crippen LogP contribution is -2.54. The molecule has 6 aromatic carbocycles. The molecule has 6 heteroatoms. The molecule has 6 nitrogen and oxygen atoms in total. The molecule has 0 radical (unpaired) electrons. The summed E-state index contributed by atoms with van der Waals surface area (Å²) in [7, 11) is 0. The number of hydrogen-bond donors (Lipinski definition) is 0. The van der Waals surface area contributed by atoms with Gasteiger partial charge in [-0.15, -0.1) is 0 Å². The van der Waals surface area contributed by atoms with Crippen LogP contribution in [0.4, 0.5) is 0 Å². The Bertz CT molecular complexity index is 2200. The number of benzene rings is 6. The van der Waals surface area contributed by atoms with Crippen LogP contribution in [0, 0.1) is 5.41 Å². The Hall–Kier alpha value is -5.24. The highest BCUT2D eigenvalue weighted by molar-refractivity contribution is 5.52. The zero-order chi connectivity index (χ0) is 42.9. The lowest BCUT2D eigenvalue weighted by molar-refractivity contribution is -0.366. The molecule has 1 spiro atoms. The summed E-state index contributed by atoms with van der Waals surface area (Å²) in [6.45, 7) is 17.6. The maximum absolute atomic E-state index is 6.59. The molecule has 0 saturated carbocycles. The van der Waals surface area contributed by atoms with E-state index in [2.05, 4.69) is 201 Å². The van der Waals surface area contributed by atoms with E-state index >= 15 is 0 Å². The molecule has 0 amide bonds. The SMILES string of the molecule is CC(C)(c1ccccc1)c1ccc(OC2OCC3(CO2)COC(Oc2ccc(C(C)(C)c4ccccc4)cc2C(C)(C)c2ccccc2)OC3)c(C(C)(C)c2ccccc2)c1. The van der Waals surface area contributed by atoms with Crippen molar-refractivity contribution in [3.8, 4) is 11.5 Å². The van der Waals surface area contributed by atoms with Crippen LogP contribution in [-0.4, -0.2) is 39.4 Å². The number of rotatable bonds is 12. The summed E-state index contributed by atoms with van der Waals surface area (Å²) < 4.78 is 38.5. The van der Waals surface area contributed by atoms with Crippen molar-refractivity contribution in [1.82, 2.24) is 0 Å². The molecule has 0 atom stereocenters. The fraction of sp³-hybridized carbons (Fsp3) is 0.345. The first-order valence-corrected chi connectivity index (χ1v) is 21.5. The zero-order valence-corrected chi connectivity index (χ0v) is 36.9. The number of ether oxygens (including phenoxy) is 6. The predicted octanol–water partition coefficient (Wildman–Crippen LogP) is 12.1. The normalized spacial score (nSPS) is 20.0. The predicted molar refractivity (Wildman–Crippen MR) is 242 cm³/mol. The zero-order valence-electron chi connectivity index (χ0n) is 36.9. The van der Waals surface area contributed by atoms with E-state index in [4.69, 9.17) is 28.4 Å². The van der Waals surface area contributed by atoms with Crippen LogP contribution < -0.4 is 9.47 Å². The van der Waals surface area contributed by atoms with Crippen molar-refractivity contribution in [3.63, 3.8) is 0 Å². The molecule has 61 heavy (non-hydrogen) atoms. The van der Waals surface area contributed by atoms with Crippen LogP contribution in [0.3, 0.4) is 0 Å². The van der Waals surface area contributed by atoms with Crippen molar-refractivity contribution in [2.75, 3.05) is 26.4 Å². The summed E-state index contributed by atoms with van der Waals surface area (Å²) in [5.74, 6) is 1.44. The second kappa shape index (κ2) is 16.9. The van der Waals surface area contributed by atoms with Gasteiger partial charge in [-0.2, -0.15) is 0 Å². The van der Waals surface area contributed by atoms with Crippen LogP contribution in [0.15, 0.2) is 158 Å². The van der Waals surface area contributed by atoms with Crippen molar-refractivity contribution in [2.45, 2.75) is 90.0 Å². The van der Waals surface area contributed by atoms with E-state index < -0.39 is 18.4 Å². The van der Waals surface area contributed by atoms with Gasteiger partial charge in [0.25, 0.3) is 0 Å². The Morgan fingerprint density at radius 1 is 0.361 bits per heavy atom. The van der Waals surface area contributed by atoms with Gasteiger partial charge in [-0.05, 0) is 45.5 Å². The average Bonchev–Trinajstić information content (AvgIpc) is 3.29. The third-order valence-electron chi connectivity index (χ3n) is 13.3. The highest BCUT2D eigenvalue weighted by atomic mass is 16.9. The minimum Gasteiger partial charge on any atom is -0.441 e. The molecule has 2 aliphatic heterocycles. The first-order chi connectivity index (χ1) is 29.2.